The highest BCUT2D eigenvalue weighted by atomic mass is 32.2. The van der Waals surface area contributed by atoms with Crippen molar-refractivity contribution in [2.24, 2.45) is 0 Å². The van der Waals surface area contributed by atoms with E-state index in [0.717, 1.165) is 43.0 Å². The van der Waals surface area contributed by atoms with E-state index in [-0.39, 0.29) is 12.1 Å². The standard InChI is InChI=1S/C19H27N3OS/c1-13-4-6-15(7-5-13)17-11-20-19(21-17)18-10-16(23)8-9-22(18)12-14(2)24-3/h4-7,11,14,16,18,23H,8-10,12H2,1-3H3,(H,20,21). The van der Waals surface area contributed by atoms with Crippen LogP contribution < -0.4 is 0 Å². The number of nitrogens with one attached hydrogen (secondary N) is 1. The molecule has 1 aliphatic heterocycles. The molecule has 1 aliphatic rings. The quantitative estimate of drug-likeness (QED) is 0.869. The van der Waals surface area contributed by atoms with Gasteiger partial charge in [0, 0.05) is 18.3 Å². The predicted molar refractivity (Wildman–Crippen MR) is 101 cm³/mol. The third-order valence-corrected chi connectivity index (χ3v) is 5.81. The van der Waals surface area contributed by atoms with Gasteiger partial charge in [0.2, 0.25) is 0 Å². The summed E-state index contributed by atoms with van der Waals surface area (Å²) in [6, 6.07) is 8.65. The monoisotopic (exact) mass is 345 g/mol. The molecule has 24 heavy (non-hydrogen) atoms. The maximum atomic E-state index is 10.1. The number of aromatic nitrogens is 2. The second-order valence-electron chi connectivity index (χ2n) is 6.78. The van der Waals surface area contributed by atoms with Gasteiger partial charge in [-0.3, -0.25) is 4.90 Å². The average Bonchev–Trinajstić information content (AvgIpc) is 3.07. The number of rotatable bonds is 5. The van der Waals surface area contributed by atoms with Crippen LogP contribution in [0.1, 0.15) is 37.2 Å². The number of aryl methyl sites for hydroxylation is 1. The first-order valence-corrected chi connectivity index (χ1v) is 9.92. The van der Waals surface area contributed by atoms with Crippen molar-refractivity contribution in [1.82, 2.24) is 14.9 Å². The number of thioether (sulfide) groups is 1. The molecule has 0 amide bonds. The highest BCUT2D eigenvalue weighted by molar-refractivity contribution is 7.99. The Kier molecular flexibility index (Phi) is 5.64. The van der Waals surface area contributed by atoms with Crippen LogP contribution in [0.2, 0.25) is 0 Å². The van der Waals surface area contributed by atoms with Crippen LogP contribution in [0.15, 0.2) is 30.5 Å². The number of aliphatic hydroxyl groups is 1. The molecule has 3 rings (SSSR count). The number of nitrogens with zero attached hydrogens (tertiary/aromatic N) is 2. The lowest BCUT2D eigenvalue weighted by atomic mass is 9.98. The number of benzene rings is 1. The number of hydrogen-bond acceptors (Lipinski definition) is 4. The molecular weight excluding hydrogens is 318 g/mol. The first kappa shape index (κ1) is 17.5. The maximum absolute atomic E-state index is 10.1. The van der Waals surface area contributed by atoms with E-state index in [2.05, 4.69) is 59.2 Å². The lowest BCUT2D eigenvalue weighted by Crippen LogP contribution is -2.42. The molecule has 5 heteroatoms. The zero-order valence-corrected chi connectivity index (χ0v) is 15.5. The van der Waals surface area contributed by atoms with Crippen LogP contribution in [0.25, 0.3) is 11.3 Å². The fourth-order valence-corrected chi connectivity index (χ4v) is 3.63. The van der Waals surface area contributed by atoms with E-state index in [1.54, 1.807) is 0 Å². The van der Waals surface area contributed by atoms with E-state index in [4.69, 9.17) is 0 Å². The minimum atomic E-state index is -0.233. The summed E-state index contributed by atoms with van der Waals surface area (Å²) < 4.78 is 0. The Morgan fingerprint density at radius 3 is 2.83 bits per heavy atom. The zero-order chi connectivity index (χ0) is 17.1. The molecule has 3 atom stereocenters. The lowest BCUT2D eigenvalue weighted by molar-refractivity contribution is 0.0386. The van der Waals surface area contributed by atoms with Crippen LogP contribution >= 0.6 is 11.8 Å². The van der Waals surface area contributed by atoms with Crippen molar-refractivity contribution in [3.63, 3.8) is 0 Å². The molecule has 0 aliphatic carbocycles. The zero-order valence-electron chi connectivity index (χ0n) is 14.7. The average molecular weight is 346 g/mol. The number of H-pyrrole nitrogens is 1. The van der Waals surface area contributed by atoms with Gasteiger partial charge in [0.05, 0.1) is 24.0 Å². The second-order valence-corrected chi connectivity index (χ2v) is 8.06. The third-order valence-electron chi connectivity index (χ3n) is 4.85. The Bertz CT molecular complexity index is 655. The van der Waals surface area contributed by atoms with Crippen molar-refractivity contribution in [2.45, 2.75) is 44.1 Å². The van der Waals surface area contributed by atoms with Gasteiger partial charge in [-0.05, 0) is 31.6 Å². The largest absolute Gasteiger partial charge is 0.393 e. The molecule has 130 valence electrons. The number of hydrogen-bond donors (Lipinski definition) is 2. The van der Waals surface area contributed by atoms with Gasteiger partial charge in [0.1, 0.15) is 5.82 Å². The van der Waals surface area contributed by atoms with Crippen molar-refractivity contribution in [1.29, 1.82) is 0 Å². The highest BCUT2D eigenvalue weighted by Gasteiger charge is 2.31. The number of imidazole rings is 1. The number of piperidine rings is 1. The molecule has 1 aromatic heterocycles. The van der Waals surface area contributed by atoms with Crippen LogP contribution in [0.3, 0.4) is 0 Å². The van der Waals surface area contributed by atoms with E-state index in [0.29, 0.717) is 5.25 Å². The van der Waals surface area contributed by atoms with Gasteiger partial charge in [-0.1, -0.05) is 36.8 Å². The Hall–Kier alpha value is -1.30. The fraction of sp³-hybridized carbons (Fsp3) is 0.526. The summed E-state index contributed by atoms with van der Waals surface area (Å²) in [6.45, 7) is 6.30. The molecule has 0 bridgehead atoms. The van der Waals surface area contributed by atoms with E-state index in [9.17, 15) is 5.11 Å². The van der Waals surface area contributed by atoms with Crippen LogP contribution in [0.5, 0.6) is 0 Å². The van der Waals surface area contributed by atoms with Gasteiger partial charge in [0.25, 0.3) is 0 Å². The molecule has 3 unspecified atom stereocenters. The molecule has 2 heterocycles. The van der Waals surface area contributed by atoms with E-state index < -0.39 is 0 Å². The second kappa shape index (κ2) is 7.72. The Balaban J connectivity index is 1.81. The molecule has 0 radical (unpaired) electrons. The van der Waals surface area contributed by atoms with Crippen molar-refractivity contribution in [2.75, 3.05) is 19.3 Å². The molecule has 0 saturated carbocycles. The molecular formula is C19H27N3OS. The molecule has 4 nitrogen and oxygen atoms in total. The maximum Gasteiger partial charge on any atom is 0.124 e. The Labute approximate surface area is 148 Å². The van der Waals surface area contributed by atoms with Gasteiger partial charge in [-0.25, -0.2) is 4.98 Å². The van der Waals surface area contributed by atoms with E-state index in [1.807, 2.05) is 18.0 Å². The summed E-state index contributed by atoms with van der Waals surface area (Å²) in [5.74, 6) is 0.970. The minimum absolute atomic E-state index is 0.169. The van der Waals surface area contributed by atoms with Gasteiger partial charge in [-0.15, -0.1) is 0 Å². The minimum Gasteiger partial charge on any atom is -0.393 e. The van der Waals surface area contributed by atoms with E-state index in [1.165, 1.54) is 5.56 Å². The molecule has 1 saturated heterocycles. The first-order valence-electron chi connectivity index (χ1n) is 8.63. The Morgan fingerprint density at radius 2 is 2.12 bits per heavy atom. The molecule has 1 fully saturated rings. The van der Waals surface area contributed by atoms with Crippen molar-refractivity contribution in [3.8, 4) is 11.3 Å². The topological polar surface area (TPSA) is 52.1 Å². The normalized spacial score (nSPS) is 23.3. The fourth-order valence-electron chi connectivity index (χ4n) is 3.29. The van der Waals surface area contributed by atoms with Gasteiger partial charge in [0.15, 0.2) is 0 Å². The van der Waals surface area contributed by atoms with Crippen LogP contribution in [0.4, 0.5) is 0 Å². The van der Waals surface area contributed by atoms with E-state index >= 15 is 0 Å². The molecule has 2 aromatic rings. The number of aliphatic hydroxyl groups excluding tert-OH is 1. The molecule has 2 N–H and O–H groups in total. The molecule has 0 spiro atoms. The van der Waals surface area contributed by atoms with Crippen molar-refractivity contribution < 1.29 is 5.11 Å². The summed E-state index contributed by atoms with van der Waals surface area (Å²) in [6.07, 6.45) is 5.44. The van der Waals surface area contributed by atoms with Crippen molar-refractivity contribution in [3.05, 3.63) is 41.9 Å². The van der Waals surface area contributed by atoms with Crippen LogP contribution in [-0.4, -0.2) is 50.7 Å². The predicted octanol–water partition coefficient (Wildman–Crippen LogP) is 3.63. The van der Waals surface area contributed by atoms with Crippen LogP contribution in [0, 0.1) is 6.92 Å². The summed E-state index contributed by atoms with van der Waals surface area (Å²) in [4.78, 5) is 10.6. The van der Waals surface area contributed by atoms with Gasteiger partial charge < -0.3 is 10.1 Å². The van der Waals surface area contributed by atoms with Crippen molar-refractivity contribution >= 4 is 11.8 Å². The molecule has 1 aromatic carbocycles. The van der Waals surface area contributed by atoms with Gasteiger partial charge >= 0.3 is 0 Å². The lowest BCUT2D eigenvalue weighted by Gasteiger charge is -2.38. The Morgan fingerprint density at radius 1 is 1.38 bits per heavy atom. The third kappa shape index (κ3) is 4.02. The smallest absolute Gasteiger partial charge is 0.124 e. The number of aromatic amines is 1. The summed E-state index contributed by atoms with van der Waals surface area (Å²) in [5, 5.41) is 10.7. The van der Waals surface area contributed by atoms with Gasteiger partial charge in [-0.2, -0.15) is 11.8 Å². The first-order chi connectivity index (χ1) is 11.6. The summed E-state index contributed by atoms with van der Waals surface area (Å²) >= 11 is 1.89. The summed E-state index contributed by atoms with van der Waals surface area (Å²) in [5.41, 5.74) is 3.45. The summed E-state index contributed by atoms with van der Waals surface area (Å²) in [7, 11) is 0. The SMILES string of the molecule is CSC(C)CN1CCC(O)CC1c1ncc(-c2ccc(C)cc2)[nH]1. The highest BCUT2D eigenvalue weighted by Crippen LogP contribution is 2.31. The number of likely N-dealkylation sites (tertiary alicyclic amines) is 1. The van der Waals surface area contributed by atoms with Crippen LogP contribution in [-0.2, 0) is 0 Å².